The van der Waals surface area contributed by atoms with Crippen LogP contribution in [0.15, 0.2) is 28.7 Å². The predicted molar refractivity (Wildman–Crippen MR) is 122 cm³/mol. The fraction of sp³-hybridized carbons (Fsp3) is 0.458. The van der Waals surface area contributed by atoms with Crippen LogP contribution in [0, 0.1) is 12.3 Å². The van der Waals surface area contributed by atoms with Gasteiger partial charge in [-0.1, -0.05) is 26.0 Å². The SMILES string of the molecule is Cc1c(C(=O)Nc2ccc(CC(=O)N3CCSCC3)cc2)oc2c1C(=O)CC(C)(C)C2. The summed E-state index contributed by atoms with van der Waals surface area (Å²) < 4.78 is 5.84. The molecule has 2 aliphatic rings. The number of ketones is 1. The quantitative estimate of drug-likeness (QED) is 0.774. The molecular formula is C24H28N2O4S. The number of rotatable bonds is 4. The lowest BCUT2D eigenvalue weighted by Gasteiger charge is -2.27. The van der Waals surface area contributed by atoms with E-state index in [1.54, 1.807) is 19.1 Å². The molecule has 164 valence electrons. The van der Waals surface area contributed by atoms with Crippen LogP contribution in [0.2, 0.25) is 0 Å². The molecule has 4 rings (SSSR count). The van der Waals surface area contributed by atoms with E-state index in [1.165, 1.54) is 0 Å². The second-order valence-corrected chi connectivity index (χ2v) is 10.3. The summed E-state index contributed by atoms with van der Waals surface area (Å²) >= 11 is 1.88. The highest BCUT2D eigenvalue weighted by molar-refractivity contribution is 7.99. The van der Waals surface area contributed by atoms with Gasteiger partial charge in [0.1, 0.15) is 5.76 Å². The first-order chi connectivity index (χ1) is 14.7. The van der Waals surface area contributed by atoms with Crippen molar-refractivity contribution in [2.75, 3.05) is 29.9 Å². The molecule has 31 heavy (non-hydrogen) atoms. The van der Waals surface area contributed by atoms with Crippen LogP contribution in [0.3, 0.4) is 0 Å². The molecule has 2 amide bonds. The highest BCUT2D eigenvalue weighted by Crippen LogP contribution is 2.38. The number of benzene rings is 1. The number of hydrogen-bond acceptors (Lipinski definition) is 5. The molecular weight excluding hydrogens is 412 g/mol. The standard InChI is InChI=1S/C24H28N2O4S/c1-15-21-18(27)13-24(2,3)14-19(21)30-22(15)23(29)25-17-6-4-16(5-7-17)12-20(28)26-8-10-31-11-9-26/h4-7H,8-14H2,1-3H3,(H,25,29). The molecule has 0 spiro atoms. The van der Waals surface area contributed by atoms with Crippen molar-refractivity contribution >= 4 is 35.0 Å². The van der Waals surface area contributed by atoms with E-state index >= 15 is 0 Å². The van der Waals surface area contributed by atoms with Gasteiger partial charge in [0.2, 0.25) is 5.91 Å². The Bertz CT molecular complexity index is 1020. The molecule has 1 aromatic heterocycles. The summed E-state index contributed by atoms with van der Waals surface area (Å²) in [5.41, 5.74) is 2.54. The minimum absolute atomic E-state index is 0.0351. The number of anilines is 1. The van der Waals surface area contributed by atoms with Gasteiger partial charge in [-0.3, -0.25) is 14.4 Å². The van der Waals surface area contributed by atoms with Crippen LogP contribution >= 0.6 is 11.8 Å². The number of amides is 2. The average Bonchev–Trinajstić information content (AvgIpc) is 3.05. The number of Topliss-reactive ketones (excluding diaryl/α,β-unsaturated/α-hetero) is 1. The maximum Gasteiger partial charge on any atom is 0.291 e. The molecule has 0 saturated carbocycles. The highest BCUT2D eigenvalue weighted by Gasteiger charge is 2.37. The molecule has 2 heterocycles. The van der Waals surface area contributed by atoms with E-state index in [1.807, 2.05) is 42.6 Å². The summed E-state index contributed by atoms with van der Waals surface area (Å²) in [7, 11) is 0. The normalized spacial score (nSPS) is 17.9. The summed E-state index contributed by atoms with van der Waals surface area (Å²) in [5.74, 6) is 2.60. The van der Waals surface area contributed by atoms with Crippen LogP contribution in [0.5, 0.6) is 0 Å². The van der Waals surface area contributed by atoms with Crippen molar-refractivity contribution in [3.8, 4) is 0 Å². The van der Waals surface area contributed by atoms with E-state index < -0.39 is 0 Å². The number of carbonyl (C=O) groups is 3. The van der Waals surface area contributed by atoms with Crippen molar-refractivity contribution < 1.29 is 18.8 Å². The molecule has 0 bridgehead atoms. The molecule has 1 aliphatic heterocycles. The Hall–Kier alpha value is -2.54. The number of fused-ring (bicyclic) bond motifs is 1. The van der Waals surface area contributed by atoms with Crippen molar-refractivity contribution in [2.24, 2.45) is 5.41 Å². The van der Waals surface area contributed by atoms with Crippen molar-refractivity contribution in [1.82, 2.24) is 4.90 Å². The third kappa shape index (κ3) is 4.71. The molecule has 1 aliphatic carbocycles. The fourth-order valence-electron chi connectivity index (χ4n) is 4.29. The van der Waals surface area contributed by atoms with Gasteiger partial charge in [0.25, 0.3) is 5.91 Å². The Morgan fingerprint density at radius 3 is 2.48 bits per heavy atom. The van der Waals surface area contributed by atoms with Crippen LogP contribution in [0.25, 0.3) is 0 Å². The maximum atomic E-state index is 12.8. The van der Waals surface area contributed by atoms with Gasteiger partial charge in [0.15, 0.2) is 11.5 Å². The van der Waals surface area contributed by atoms with Gasteiger partial charge < -0.3 is 14.6 Å². The van der Waals surface area contributed by atoms with E-state index in [0.717, 1.165) is 30.2 Å². The number of thioether (sulfide) groups is 1. The van der Waals surface area contributed by atoms with Crippen LogP contribution in [0.1, 0.15) is 58.1 Å². The van der Waals surface area contributed by atoms with E-state index in [9.17, 15) is 14.4 Å². The Kier molecular flexibility index (Phi) is 5.97. The molecule has 1 fully saturated rings. The fourth-order valence-corrected chi connectivity index (χ4v) is 5.20. The second-order valence-electron chi connectivity index (χ2n) is 9.12. The lowest BCUT2D eigenvalue weighted by atomic mass is 9.76. The van der Waals surface area contributed by atoms with Gasteiger partial charge in [-0.2, -0.15) is 11.8 Å². The Balaban J connectivity index is 1.42. The smallest absolute Gasteiger partial charge is 0.291 e. The minimum Gasteiger partial charge on any atom is -0.455 e. The molecule has 6 nitrogen and oxygen atoms in total. The van der Waals surface area contributed by atoms with E-state index in [2.05, 4.69) is 5.32 Å². The maximum absolute atomic E-state index is 12.8. The Labute approximate surface area is 186 Å². The summed E-state index contributed by atoms with van der Waals surface area (Å²) in [5, 5.41) is 2.85. The molecule has 2 aromatic rings. The Morgan fingerprint density at radius 1 is 1.13 bits per heavy atom. The number of nitrogens with one attached hydrogen (secondary N) is 1. The number of hydrogen-bond donors (Lipinski definition) is 1. The number of carbonyl (C=O) groups excluding carboxylic acids is 3. The van der Waals surface area contributed by atoms with Crippen LogP contribution in [0.4, 0.5) is 5.69 Å². The molecule has 1 saturated heterocycles. The van der Waals surface area contributed by atoms with Gasteiger partial charge in [-0.15, -0.1) is 0 Å². The van der Waals surface area contributed by atoms with Crippen molar-refractivity contribution in [2.45, 2.75) is 40.0 Å². The third-order valence-electron chi connectivity index (χ3n) is 5.91. The first kappa shape index (κ1) is 21.7. The van der Waals surface area contributed by atoms with Gasteiger partial charge in [0, 0.05) is 48.7 Å². The zero-order valence-electron chi connectivity index (χ0n) is 18.2. The van der Waals surface area contributed by atoms with Gasteiger partial charge in [-0.25, -0.2) is 0 Å². The molecule has 0 atom stereocenters. The topological polar surface area (TPSA) is 79.6 Å². The third-order valence-corrected chi connectivity index (χ3v) is 6.86. The molecule has 1 aromatic carbocycles. The van der Waals surface area contributed by atoms with Crippen molar-refractivity contribution in [3.05, 3.63) is 52.5 Å². The predicted octanol–water partition coefficient (Wildman–Crippen LogP) is 4.11. The zero-order valence-corrected chi connectivity index (χ0v) is 19.1. The van der Waals surface area contributed by atoms with Crippen LogP contribution in [-0.2, 0) is 17.6 Å². The molecule has 0 radical (unpaired) electrons. The molecule has 0 unspecified atom stereocenters. The monoisotopic (exact) mass is 440 g/mol. The van der Waals surface area contributed by atoms with Crippen molar-refractivity contribution in [1.29, 1.82) is 0 Å². The molecule has 1 N–H and O–H groups in total. The summed E-state index contributed by atoms with van der Waals surface area (Å²) in [6.45, 7) is 7.44. The van der Waals surface area contributed by atoms with Crippen LogP contribution < -0.4 is 5.32 Å². The summed E-state index contributed by atoms with van der Waals surface area (Å²) in [4.78, 5) is 39.7. The summed E-state index contributed by atoms with van der Waals surface area (Å²) in [6, 6.07) is 7.30. The first-order valence-corrected chi connectivity index (χ1v) is 11.8. The average molecular weight is 441 g/mol. The van der Waals surface area contributed by atoms with E-state index in [-0.39, 0.29) is 28.8 Å². The largest absolute Gasteiger partial charge is 0.455 e. The lowest BCUT2D eigenvalue weighted by Crippen LogP contribution is -2.38. The first-order valence-electron chi connectivity index (χ1n) is 10.6. The number of furan rings is 1. The van der Waals surface area contributed by atoms with Crippen LogP contribution in [-0.4, -0.2) is 47.1 Å². The van der Waals surface area contributed by atoms with Crippen molar-refractivity contribution in [3.63, 3.8) is 0 Å². The number of nitrogens with zero attached hydrogens (tertiary/aromatic N) is 1. The van der Waals surface area contributed by atoms with E-state index in [0.29, 0.717) is 41.8 Å². The van der Waals surface area contributed by atoms with Gasteiger partial charge in [0.05, 0.1) is 12.0 Å². The van der Waals surface area contributed by atoms with Gasteiger partial charge in [-0.05, 0) is 30.0 Å². The Morgan fingerprint density at radius 2 is 1.81 bits per heavy atom. The molecule has 7 heteroatoms. The van der Waals surface area contributed by atoms with E-state index in [4.69, 9.17) is 4.42 Å². The second kappa shape index (κ2) is 8.54. The summed E-state index contributed by atoms with van der Waals surface area (Å²) in [6.07, 6.45) is 1.46. The highest BCUT2D eigenvalue weighted by atomic mass is 32.2. The lowest BCUT2D eigenvalue weighted by molar-refractivity contribution is -0.130. The zero-order chi connectivity index (χ0) is 22.2. The minimum atomic E-state index is -0.368. The van der Waals surface area contributed by atoms with Gasteiger partial charge >= 0.3 is 0 Å².